The molecule has 2 heterocycles. The Balaban J connectivity index is 2.13. The Hall–Kier alpha value is -1.60. The van der Waals surface area contributed by atoms with Gasteiger partial charge in [-0.25, -0.2) is 0 Å². The minimum atomic E-state index is 0.260. The lowest BCUT2D eigenvalue weighted by Gasteiger charge is -2.34. The summed E-state index contributed by atoms with van der Waals surface area (Å²) in [6.07, 6.45) is 2.44. The van der Waals surface area contributed by atoms with Crippen LogP contribution in [0.15, 0.2) is 6.07 Å². The highest BCUT2D eigenvalue weighted by atomic mass is 14.9. The average Bonchev–Trinajstić information content (AvgIpc) is 2.37. The first-order valence-electron chi connectivity index (χ1n) is 6.87. The Morgan fingerprint density at radius 2 is 2.32 bits per heavy atom. The number of nitrogens with one attached hydrogen (secondary N) is 2. The summed E-state index contributed by atoms with van der Waals surface area (Å²) in [7, 11) is 0. The van der Waals surface area contributed by atoms with E-state index in [9.17, 15) is 5.26 Å². The van der Waals surface area contributed by atoms with Crippen LogP contribution in [0.4, 0.5) is 5.69 Å². The maximum atomic E-state index is 9.25. The fourth-order valence-corrected chi connectivity index (χ4v) is 2.69. The standard InChI is InChI=1S/C15H22N4/c1-11-7-14(13(8-16)12(2)19-11)18-10-15(3)5-4-6-17-9-15/h7,17H,4-6,9-10H2,1-3H3,(H,18,19). The number of pyridine rings is 1. The van der Waals surface area contributed by atoms with Crippen molar-refractivity contribution < 1.29 is 0 Å². The van der Waals surface area contributed by atoms with E-state index in [0.717, 1.165) is 36.7 Å². The van der Waals surface area contributed by atoms with Gasteiger partial charge in [-0.1, -0.05) is 6.92 Å². The van der Waals surface area contributed by atoms with Crippen LogP contribution in [0.1, 0.15) is 36.7 Å². The van der Waals surface area contributed by atoms with Crippen molar-refractivity contribution >= 4 is 5.69 Å². The minimum Gasteiger partial charge on any atom is -0.383 e. The van der Waals surface area contributed by atoms with E-state index in [2.05, 4.69) is 28.6 Å². The molecule has 4 heteroatoms. The Bertz CT molecular complexity index is 496. The summed E-state index contributed by atoms with van der Waals surface area (Å²) in [5.41, 5.74) is 3.59. The van der Waals surface area contributed by atoms with Crippen molar-refractivity contribution in [2.45, 2.75) is 33.6 Å². The highest BCUT2D eigenvalue weighted by Crippen LogP contribution is 2.27. The second-order valence-electron chi connectivity index (χ2n) is 5.83. The van der Waals surface area contributed by atoms with Crippen LogP contribution < -0.4 is 10.6 Å². The maximum absolute atomic E-state index is 9.25. The van der Waals surface area contributed by atoms with Crippen LogP contribution in [0.25, 0.3) is 0 Å². The molecule has 0 radical (unpaired) electrons. The van der Waals surface area contributed by atoms with Crippen molar-refractivity contribution in [2.24, 2.45) is 5.41 Å². The lowest BCUT2D eigenvalue weighted by atomic mass is 9.82. The summed E-state index contributed by atoms with van der Waals surface area (Å²) < 4.78 is 0. The average molecular weight is 258 g/mol. The molecule has 1 saturated heterocycles. The molecule has 2 rings (SSSR count). The molecule has 1 aliphatic heterocycles. The first-order chi connectivity index (χ1) is 9.04. The third-order valence-corrected chi connectivity index (χ3v) is 3.83. The van der Waals surface area contributed by atoms with E-state index in [1.807, 2.05) is 19.9 Å². The molecule has 1 aromatic rings. The zero-order valence-electron chi connectivity index (χ0n) is 12.0. The van der Waals surface area contributed by atoms with Gasteiger partial charge in [0.1, 0.15) is 6.07 Å². The van der Waals surface area contributed by atoms with Crippen molar-refractivity contribution in [2.75, 3.05) is 25.0 Å². The minimum absolute atomic E-state index is 0.260. The van der Waals surface area contributed by atoms with Gasteiger partial charge in [-0.05, 0) is 44.7 Å². The molecule has 4 nitrogen and oxygen atoms in total. The monoisotopic (exact) mass is 258 g/mol. The largest absolute Gasteiger partial charge is 0.383 e. The first kappa shape index (κ1) is 13.8. The number of nitrogens with zero attached hydrogens (tertiary/aromatic N) is 2. The van der Waals surface area contributed by atoms with Crippen LogP contribution in [0.5, 0.6) is 0 Å². The summed E-state index contributed by atoms with van der Waals surface area (Å²) in [4.78, 5) is 4.34. The fourth-order valence-electron chi connectivity index (χ4n) is 2.69. The van der Waals surface area contributed by atoms with Crippen molar-refractivity contribution in [1.82, 2.24) is 10.3 Å². The van der Waals surface area contributed by atoms with Gasteiger partial charge in [0.2, 0.25) is 0 Å². The number of aryl methyl sites for hydroxylation is 2. The van der Waals surface area contributed by atoms with E-state index in [0.29, 0.717) is 5.56 Å². The molecule has 0 amide bonds. The third-order valence-electron chi connectivity index (χ3n) is 3.83. The van der Waals surface area contributed by atoms with E-state index in [-0.39, 0.29) is 5.41 Å². The van der Waals surface area contributed by atoms with E-state index in [1.54, 1.807) is 0 Å². The summed E-state index contributed by atoms with van der Waals surface area (Å²) in [5.74, 6) is 0. The zero-order valence-corrected chi connectivity index (χ0v) is 12.0. The molecule has 0 saturated carbocycles. The first-order valence-corrected chi connectivity index (χ1v) is 6.87. The van der Waals surface area contributed by atoms with Crippen LogP contribution in [0.3, 0.4) is 0 Å². The van der Waals surface area contributed by atoms with Gasteiger partial charge < -0.3 is 10.6 Å². The van der Waals surface area contributed by atoms with Crippen LogP contribution in [-0.4, -0.2) is 24.6 Å². The zero-order chi connectivity index (χ0) is 13.9. The molecule has 2 N–H and O–H groups in total. The van der Waals surface area contributed by atoms with Crippen molar-refractivity contribution in [1.29, 1.82) is 5.26 Å². The van der Waals surface area contributed by atoms with Gasteiger partial charge >= 0.3 is 0 Å². The predicted molar refractivity (Wildman–Crippen MR) is 77.1 cm³/mol. The van der Waals surface area contributed by atoms with Gasteiger partial charge in [0.05, 0.1) is 16.9 Å². The van der Waals surface area contributed by atoms with Gasteiger partial charge in [0.25, 0.3) is 0 Å². The molecule has 0 aliphatic carbocycles. The molecule has 1 fully saturated rings. The predicted octanol–water partition coefficient (Wildman–Crippen LogP) is 2.37. The van der Waals surface area contributed by atoms with Crippen LogP contribution in [0.2, 0.25) is 0 Å². The van der Waals surface area contributed by atoms with Crippen LogP contribution in [-0.2, 0) is 0 Å². The second-order valence-corrected chi connectivity index (χ2v) is 5.83. The number of nitriles is 1. The lowest BCUT2D eigenvalue weighted by molar-refractivity contribution is 0.253. The summed E-state index contributed by atoms with van der Waals surface area (Å²) in [6, 6.07) is 4.21. The third kappa shape index (κ3) is 3.24. The van der Waals surface area contributed by atoms with E-state index < -0.39 is 0 Å². The topological polar surface area (TPSA) is 60.7 Å². The van der Waals surface area contributed by atoms with Gasteiger partial charge in [-0.3, -0.25) is 4.98 Å². The van der Waals surface area contributed by atoms with E-state index in [1.165, 1.54) is 12.8 Å². The molecule has 0 aromatic carbocycles. The van der Waals surface area contributed by atoms with E-state index in [4.69, 9.17) is 0 Å². The number of rotatable bonds is 3. The molecule has 102 valence electrons. The fraction of sp³-hybridized carbons (Fsp3) is 0.600. The van der Waals surface area contributed by atoms with Crippen LogP contribution in [0, 0.1) is 30.6 Å². The lowest BCUT2D eigenvalue weighted by Crippen LogP contribution is -2.42. The molecule has 1 unspecified atom stereocenters. The quantitative estimate of drug-likeness (QED) is 0.874. The van der Waals surface area contributed by atoms with Gasteiger partial charge in [0, 0.05) is 18.8 Å². The highest BCUT2D eigenvalue weighted by molar-refractivity contribution is 5.59. The second kappa shape index (κ2) is 5.58. The molecule has 1 atom stereocenters. The maximum Gasteiger partial charge on any atom is 0.103 e. The molecule has 1 aliphatic rings. The molecule has 19 heavy (non-hydrogen) atoms. The Labute approximate surface area is 115 Å². The number of hydrogen-bond donors (Lipinski definition) is 2. The summed E-state index contributed by atoms with van der Waals surface area (Å²) in [6.45, 7) is 9.18. The summed E-state index contributed by atoms with van der Waals surface area (Å²) in [5, 5.41) is 16.1. The van der Waals surface area contributed by atoms with Crippen molar-refractivity contribution in [3.63, 3.8) is 0 Å². The number of hydrogen-bond acceptors (Lipinski definition) is 4. The Morgan fingerprint density at radius 1 is 1.53 bits per heavy atom. The van der Waals surface area contributed by atoms with Crippen molar-refractivity contribution in [3.8, 4) is 6.07 Å². The molecule has 1 aromatic heterocycles. The number of aromatic nitrogens is 1. The SMILES string of the molecule is Cc1cc(NCC2(C)CCCNC2)c(C#N)c(C)n1. The smallest absolute Gasteiger partial charge is 0.103 e. The molecular weight excluding hydrogens is 236 g/mol. The van der Waals surface area contributed by atoms with Gasteiger partial charge in [-0.2, -0.15) is 5.26 Å². The van der Waals surface area contributed by atoms with Crippen LogP contribution >= 0.6 is 0 Å². The normalized spacial score (nSPS) is 22.8. The number of piperidine rings is 1. The molecule has 0 bridgehead atoms. The van der Waals surface area contributed by atoms with Crippen molar-refractivity contribution in [3.05, 3.63) is 23.0 Å². The Kier molecular flexibility index (Phi) is 4.06. The Morgan fingerprint density at radius 3 is 2.95 bits per heavy atom. The van der Waals surface area contributed by atoms with Gasteiger partial charge in [-0.15, -0.1) is 0 Å². The molecule has 0 spiro atoms. The van der Waals surface area contributed by atoms with E-state index >= 15 is 0 Å². The van der Waals surface area contributed by atoms with Gasteiger partial charge in [0.15, 0.2) is 0 Å². The number of anilines is 1. The molecular formula is C15H22N4. The highest BCUT2D eigenvalue weighted by Gasteiger charge is 2.26. The summed E-state index contributed by atoms with van der Waals surface area (Å²) >= 11 is 0.